The van der Waals surface area contributed by atoms with E-state index in [4.69, 9.17) is 5.11 Å². The molecule has 1 aliphatic heterocycles. The molecule has 2 aliphatic rings. The third kappa shape index (κ3) is 3.61. The summed E-state index contributed by atoms with van der Waals surface area (Å²) in [5, 5.41) is 8.86. The van der Waals surface area contributed by atoms with Crippen molar-refractivity contribution in [2.24, 2.45) is 5.92 Å². The first-order valence-electron chi connectivity index (χ1n) is 6.92. The fraction of sp³-hybridized carbons (Fsp3) is 0.923. The van der Waals surface area contributed by atoms with Crippen molar-refractivity contribution in [3.8, 4) is 0 Å². The van der Waals surface area contributed by atoms with Crippen LogP contribution in [0.1, 0.15) is 44.9 Å². The van der Waals surface area contributed by atoms with Gasteiger partial charge in [0, 0.05) is 12.1 Å². The first-order valence-corrected chi connectivity index (χ1v) is 6.92. The Morgan fingerprint density at radius 2 is 1.79 bits per heavy atom. The summed E-state index contributed by atoms with van der Waals surface area (Å²) in [6.07, 6.45) is -0.701. The summed E-state index contributed by atoms with van der Waals surface area (Å²) in [4.78, 5) is 12.9. The molecule has 6 heteroatoms. The molecule has 1 atom stereocenters. The van der Waals surface area contributed by atoms with Crippen molar-refractivity contribution in [2.75, 3.05) is 6.54 Å². The molecule has 0 spiro atoms. The van der Waals surface area contributed by atoms with Gasteiger partial charge in [0.05, 0.1) is 12.3 Å². The molecule has 1 aliphatic carbocycles. The van der Waals surface area contributed by atoms with Crippen molar-refractivity contribution in [1.82, 2.24) is 4.90 Å². The van der Waals surface area contributed by atoms with E-state index in [1.807, 2.05) is 0 Å². The summed E-state index contributed by atoms with van der Waals surface area (Å²) in [7, 11) is 0. The SMILES string of the molecule is O=C(O)CC1CCCN1C1CCC(C(F)(F)F)CC1. The van der Waals surface area contributed by atoms with Crippen LogP contribution in [0, 0.1) is 5.92 Å². The molecule has 0 aromatic heterocycles. The van der Waals surface area contributed by atoms with Gasteiger partial charge in [-0.2, -0.15) is 13.2 Å². The van der Waals surface area contributed by atoms with Crippen molar-refractivity contribution in [3.63, 3.8) is 0 Å². The smallest absolute Gasteiger partial charge is 0.391 e. The zero-order chi connectivity index (χ0) is 14.0. The lowest BCUT2D eigenvalue weighted by Crippen LogP contribution is -2.43. The number of hydrogen-bond donors (Lipinski definition) is 1. The minimum absolute atomic E-state index is 0.0185. The number of carboxylic acids is 1. The van der Waals surface area contributed by atoms with E-state index in [-0.39, 0.29) is 31.3 Å². The number of carbonyl (C=O) groups is 1. The Kier molecular flexibility index (Phi) is 4.38. The Morgan fingerprint density at radius 3 is 2.32 bits per heavy atom. The van der Waals surface area contributed by atoms with Gasteiger partial charge in [-0.25, -0.2) is 0 Å². The van der Waals surface area contributed by atoms with Crippen molar-refractivity contribution >= 4 is 5.97 Å². The second kappa shape index (κ2) is 5.69. The lowest BCUT2D eigenvalue weighted by atomic mass is 9.84. The molecule has 110 valence electrons. The van der Waals surface area contributed by atoms with Crippen molar-refractivity contribution in [2.45, 2.75) is 63.2 Å². The summed E-state index contributed by atoms with van der Waals surface area (Å²) >= 11 is 0. The first-order chi connectivity index (χ1) is 8.88. The first kappa shape index (κ1) is 14.6. The molecule has 0 amide bonds. The maximum atomic E-state index is 12.6. The Balaban J connectivity index is 1.88. The second-order valence-electron chi connectivity index (χ2n) is 5.68. The Morgan fingerprint density at radius 1 is 1.16 bits per heavy atom. The average molecular weight is 279 g/mol. The number of carboxylic acid groups (broad SMARTS) is 1. The largest absolute Gasteiger partial charge is 0.481 e. The van der Waals surface area contributed by atoms with Crippen LogP contribution >= 0.6 is 0 Å². The molecule has 3 nitrogen and oxygen atoms in total. The number of rotatable bonds is 3. The van der Waals surface area contributed by atoms with Crippen molar-refractivity contribution < 1.29 is 23.1 Å². The van der Waals surface area contributed by atoms with Crippen LogP contribution in [-0.2, 0) is 4.79 Å². The molecule has 1 saturated heterocycles. The number of likely N-dealkylation sites (tertiary alicyclic amines) is 1. The van der Waals surface area contributed by atoms with Crippen LogP contribution in [0.25, 0.3) is 0 Å². The molecular weight excluding hydrogens is 259 g/mol. The average Bonchev–Trinajstić information content (AvgIpc) is 2.75. The Bertz CT molecular complexity index is 324. The third-order valence-corrected chi connectivity index (χ3v) is 4.46. The predicted molar refractivity (Wildman–Crippen MR) is 63.8 cm³/mol. The third-order valence-electron chi connectivity index (χ3n) is 4.46. The summed E-state index contributed by atoms with van der Waals surface area (Å²) < 4.78 is 37.8. The van der Waals surface area contributed by atoms with Gasteiger partial charge in [0.2, 0.25) is 0 Å². The van der Waals surface area contributed by atoms with Gasteiger partial charge in [-0.3, -0.25) is 9.69 Å². The van der Waals surface area contributed by atoms with Crippen LogP contribution in [0.15, 0.2) is 0 Å². The Hall–Kier alpha value is -0.780. The molecule has 0 bridgehead atoms. The van der Waals surface area contributed by atoms with E-state index in [2.05, 4.69) is 4.90 Å². The van der Waals surface area contributed by atoms with E-state index in [1.165, 1.54) is 0 Å². The van der Waals surface area contributed by atoms with Gasteiger partial charge < -0.3 is 5.11 Å². The van der Waals surface area contributed by atoms with E-state index >= 15 is 0 Å². The zero-order valence-corrected chi connectivity index (χ0v) is 10.8. The van der Waals surface area contributed by atoms with E-state index < -0.39 is 18.1 Å². The van der Waals surface area contributed by atoms with Gasteiger partial charge in [-0.05, 0) is 45.1 Å². The summed E-state index contributed by atoms with van der Waals surface area (Å²) in [6.45, 7) is 0.833. The highest BCUT2D eigenvalue weighted by Gasteiger charge is 2.43. The normalized spacial score (nSPS) is 33.5. The molecule has 2 fully saturated rings. The van der Waals surface area contributed by atoms with E-state index in [9.17, 15) is 18.0 Å². The van der Waals surface area contributed by atoms with Crippen LogP contribution in [-0.4, -0.2) is 40.8 Å². The number of aliphatic carboxylic acids is 1. The van der Waals surface area contributed by atoms with Gasteiger partial charge >= 0.3 is 12.1 Å². The van der Waals surface area contributed by atoms with Gasteiger partial charge in [0.1, 0.15) is 0 Å². The number of halogens is 3. The van der Waals surface area contributed by atoms with Crippen molar-refractivity contribution in [1.29, 1.82) is 0 Å². The van der Waals surface area contributed by atoms with Gasteiger partial charge in [0.25, 0.3) is 0 Å². The van der Waals surface area contributed by atoms with Crippen LogP contribution in [0.3, 0.4) is 0 Å². The standard InChI is InChI=1S/C13H20F3NO2/c14-13(15,16)9-3-5-10(6-4-9)17-7-1-2-11(17)8-12(18)19/h9-11H,1-8H2,(H,18,19). The molecule has 1 N–H and O–H groups in total. The van der Waals surface area contributed by atoms with Crippen molar-refractivity contribution in [3.05, 3.63) is 0 Å². The highest BCUT2D eigenvalue weighted by atomic mass is 19.4. The molecule has 1 saturated carbocycles. The molecule has 0 aromatic rings. The zero-order valence-electron chi connectivity index (χ0n) is 10.8. The summed E-state index contributed by atoms with van der Waals surface area (Å²) in [5.74, 6) is -1.98. The minimum Gasteiger partial charge on any atom is -0.481 e. The second-order valence-corrected chi connectivity index (χ2v) is 5.68. The molecule has 0 radical (unpaired) electrons. The highest BCUT2D eigenvalue weighted by Crippen LogP contribution is 2.40. The fourth-order valence-corrected chi connectivity index (χ4v) is 3.49. The predicted octanol–water partition coefficient (Wildman–Crippen LogP) is 3.05. The molecule has 2 rings (SSSR count). The topological polar surface area (TPSA) is 40.5 Å². The van der Waals surface area contributed by atoms with Gasteiger partial charge in [-0.1, -0.05) is 0 Å². The lowest BCUT2D eigenvalue weighted by Gasteiger charge is -2.38. The molecule has 1 unspecified atom stereocenters. The summed E-state index contributed by atoms with van der Waals surface area (Å²) in [6, 6.07) is 0.162. The minimum atomic E-state index is -4.07. The van der Waals surface area contributed by atoms with E-state index in [0.29, 0.717) is 12.8 Å². The van der Waals surface area contributed by atoms with Gasteiger partial charge in [-0.15, -0.1) is 0 Å². The van der Waals surface area contributed by atoms with Gasteiger partial charge in [0.15, 0.2) is 0 Å². The van der Waals surface area contributed by atoms with Crippen LogP contribution < -0.4 is 0 Å². The maximum absolute atomic E-state index is 12.6. The van der Waals surface area contributed by atoms with Crippen LogP contribution in [0.5, 0.6) is 0 Å². The van der Waals surface area contributed by atoms with E-state index in [0.717, 1.165) is 19.4 Å². The quantitative estimate of drug-likeness (QED) is 0.863. The molecule has 1 heterocycles. The molecule has 0 aromatic carbocycles. The Labute approximate surface area is 110 Å². The monoisotopic (exact) mass is 279 g/mol. The molecular formula is C13H20F3NO2. The number of alkyl halides is 3. The van der Waals surface area contributed by atoms with E-state index in [1.54, 1.807) is 0 Å². The van der Waals surface area contributed by atoms with Crippen LogP contribution in [0.4, 0.5) is 13.2 Å². The lowest BCUT2D eigenvalue weighted by molar-refractivity contribution is -0.184. The number of hydrogen-bond acceptors (Lipinski definition) is 2. The molecule has 19 heavy (non-hydrogen) atoms. The highest BCUT2D eigenvalue weighted by molar-refractivity contribution is 5.67. The van der Waals surface area contributed by atoms with Crippen LogP contribution in [0.2, 0.25) is 0 Å². The number of nitrogens with zero attached hydrogens (tertiary/aromatic N) is 1. The summed E-state index contributed by atoms with van der Waals surface area (Å²) in [5.41, 5.74) is 0. The fourth-order valence-electron chi connectivity index (χ4n) is 3.49. The maximum Gasteiger partial charge on any atom is 0.391 e.